The Labute approximate surface area is 225 Å². The molecule has 1 aromatic carbocycles. The first kappa shape index (κ1) is 29.3. The minimum Gasteiger partial charge on any atom is -0.464 e. The Hall–Kier alpha value is -2.27. The van der Waals surface area contributed by atoms with Gasteiger partial charge in [-0.1, -0.05) is 27.7 Å². The predicted molar refractivity (Wildman–Crippen MR) is 149 cm³/mol. The molecule has 1 N–H and O–H groups in total. The van der Waals surface area contributed by atoms with Gasteiger partial charge in [-0.3, -0.25) is 4.79 Å². The number of carbonyl (C=O) groups excluding carboxylic acids is 1. The van der Waals surface area contributed by atoms with Gasteiger partial charge in [-0.2, -0.15) is 0 Å². The molecule has 0 fully saturated rings. The van der Waals surface area contributed by atoms with Crippen LogP contribution in [0.5, 0.6) is 0 Å². The van der Waals surface area contributed by atoms with Gasteiger partial charge in [-0.25, -0.2) is 18.1 Å². The molecule has 37 heavy (non-hydrogen) atoms. The summed E-state index contributed by atoms with van der Waals surface area (Å²) in [5.41, 5.74) is 1.49. The third-order valence-electron chi connectivity index (χ3n) is 5.99. The van der Waals surface area contributed by atoms with E-state index >= 15 is 0 Å². The van der Waals surface area contributed by atoms with Crippen LogP contribution in [0.4, 0.5) is 0 Å². The number of carbonyl (C=O) groups is 1. The molecule has 1 amide bonds. The summed E-state index contributed by atoms with van der Waals surface area (Å²) in [4.78, 5) is 22.3. The van der Waals surface area contributed by atoms with Crippen molar-refractivity contribution in [3.05, 3.63) is 46.6 Å². The fourth-order valence-electron chi connectivity index (χ4n) is 4.49. The van der Waals surface area contributed by atoms with E-state index in [1.807, 2.05) is 17.2 Å². The van der Waals surface area contributed by atoms with Gasteiger partial charge in [0.1, 0.15) is 5.58 Å². The Balaban J connectivity index is 1.84. The first-order valence-corrected chi connectivity index (χ1v) is 15.4. The number of nitrogens with one attached hydrogen (secondary N) is 1. The molecular weight excluding hydrogens is 508 g/mol. The number of rotatable bonds is 15. The zero-order valence-electron chi connectivity index (χ0n) is 22.6. The smallest absolute Gasteiger partial charge is 0.240 e. The summed E-state index contributed by atoms with van der Waals surface area (Å²) in [7, 11) is -3.85. The van der Waals surface area contributed by atoms with Crippen molar-refractivity contribution in [1.29, 1.82) is 0 Å². The second-order valence-corrected chi connectivity index (χ2v) is 12.7. The number of sulfonamides is 1. The van der Waals surface area contributed by atoms with Crippen LogP contribution in [-0.2, 0) is 21.4 Å². The summed E-state index contributed by atoms with van der Waals surface area (Å²) in [6.45, 7) is 13.5. The van der Waals surface area contributed by atoms with Gasteiger partial charge >= 0.3 is 0 Å². The molecule has 1 atom stereocenters. The van der Waals surface area contributed by atoms with Crippen LogP contribution in [0, 0.1) is 12.8 Å². The number of hydrogen-bond donors (Lipinski definition) is 1. The Morgan fingerprint density at radius 1 is 1.14 bits per heavy atom. The minimum absolute atomic E-state index is 0.0763. The van der Waals surface area contributed by atoms with Gasteiger partial charge in [0.15, 0.2) is 0 Å². The number of nitrogens with zero attached hydrogens (tertiary/aromatic N) is 3. The van der Waals surface area contributed by atoms with Crippen molar-refractivity contribution in [2.75, 3.05) is 26.2 Å². The summed E-state index contributed by atoms with van der Waals surface area (Å²) in [6.07, 6.45) is 3.52. The molecule has 0 unspecified atom stereocenters. The SMILES string of the molecule is CCCN(CCC)C[C@H](CC(=O)N(Cc1csc(C)n1)CC(C)C)NS(=O)(=O)c1ccc2occc2c1. The Morgan fingerprint density at radius 3 is 2.49 bits per heavy atom. The monoisotopic (exact) mass is 548 g/mol. The lowest BCUT2D eigenvalue weighted by Crippen LogP contribution is -2.47. The molecule has 10 heteroatoms. The lowest BCUT2D eigenvalue weighted by atomic mass is 10.1. The number of amides is 1. The largest absolute Gasteiger partial charge is 0.464 e. The minimum atomic E-state index is -3.85. The van der Waals surface area contributed by atoms with E-state index in [4.69, 9.17) is 4.42 Å². The topological polar surface area (TPSA) is 95.8 Å². The average molecular weight is 549 g/mol. The summed E-state index contributed by atoms with van der Waals surface area (Å²) < 4.78 is 35.1. The summed E-state index contributed by atoms with van der Waals surface area (Å²) in [5, 5.41) is 3.66. The molecule has 2 aromatic heterocycles. The van der Waals surface area contributed by atoms with E-state index in [0.29, 0.717) is 25.2 Å². The maximum Gasteiger partial charge on any atom is 0.240 e. The van der Waals surface area contributed by atoms with E-state index in [2.05, 4.69) is 42.3 Å². The number of furan rings is 1. The molecule has 3 rings (SSSR count). The zero-order chi connectivity index (χ0) is 27.0. The van der Waals surface area contributed by atoms with Gasteiger partial charge in [-0.05, 0) is 63.0 Å². The molecule has 0 bridgehead atoms. The standard InChI is InChI=1S/C27H40N4O4S2/c1-6-11-30(12-7-2)17-23(29-37(33,34)25-8-9-26-22(14-25)10-13-35-26)15-27(32)31(16-20(3)4)18-24-19-36-21(5)28-24/h8-10,13-14,19-20,23,29H,6-7,11-12,15-18H2,1-5H3/t23-/m0/s1. The highest BCUT2D eigenvalue weighted by Gasteiger charge is 2.27. The Bertz CT molecular complexity index is 1250. The van der Waals surface area contributed by atoms with Crippen molar-refractivity contribution in [1.82, 2.24) is 19.5 Å². The molecular formula is C27H40N4O4S2. The first-order chi connectivity index (χ1) is 17.6. The van der Waals surface area contributed by atoms with Crippen LogP contribution >= 0.6 is 11.3 Å². The van der Waals surface area contributed by atoms with Crippen LogP contribution < -0.4 is 4.72 Å². The van der Waals surface area contributed by atoms with Crippen LogP contribution in [0.3, 0.4) is 0 Å². The van der Waals surface area contributed by atoms with E-state index in [9.17, 15) is 13.2 Å². The normalized spacial score (nSPS) is 13.1. The fourth-order valence-corrected chi connectivity index (χ4v) is 6.36. The summed E-state index contributed by atoms with van der Waals surface area (Å²) in [6, 6.07) is 5.97. The predicted octanol–water partition coefficient (Wildman–Crippen LogP) is 5.04. The van der Waals surface area contributed by atoms with Gasteiger partial charge in [0.05, 0.1) is 28.4 Å². The van der Waals surface area contributed by atoms with Crippen molar-refractivity contribution in [2.24, 2.45) is 5.92 Å². The summed E-state index contributed by atoms with van der Waals surface area (Å²) >= 11 is 1.56. The number of hydrogen-bond acceptors (Lipinski definition) is 7. The van der Waals surface area contributed by atoms with E-state index in [-0.39, 0.29) is 23.1 Å². The Morgan fingerprint density at radius 2 is 1.86 bits per heavy atom. The maximum absolute atomic E-state index is 13.6. The van der Waals surface area contributed by atoms with Gasteiger partial charge in [0, 0.05) is 36.3 Å². The molecule has 0 aliphatic rings. The number of benzene rings is 1. The van der Waals surface area contributed by atoms with Gasteiger partial charge < -0.3 is 14.2 Å². The van der Waals surface area contributed by atoms with E-state index in [1.54, 1.807) is 35.6 Å². The molecule has 0 spiro atoms. The van der Waals surface area contributed by atoms with Gasteiger partial charge in [-0.15, -0.1) is 11.3 Å². The number of thiazole rings is 1. The third kappa shape index (κ3) is 8.63. The zero-order valence-corrected chi connectivity index (χ0v) is 24.2. The van der Waals surface area contributed by atoms with Crippen LogP contribution in [0.1, 0.15) is 57.7 Å². The lowest BCUT2D eigenvalue weighted by Gasteiger charge is -2.30. The van der Waals surface area contributed by atoms with Gasteiger partial charge in [0.2, 0.25) is 15.9 Å². The fraction of sp³-hybridized carbons (Fsp3) is 0.556. The van der Waals surface area contributed by atoms with Crippen molar-refractivity contribution >= 4 is 38.2 Å². The molecule has 2 heterocycles. The number of aromatic nitrogens is 1. The molecule has 0 aliphatic heterocycles. The molecule has 8 nitrogen and oxygen atoms in total. The highest BCUT2D eigenvalue weighted by atomic mass is 32.2. The van der Waals surface area contributed by atoms with Crippen LogP contribution in [0.2, 0.25) is 0 Å². The number of fused-ring (bicyclic) bond motifs is 1. The third-order valence-corrected chi connectivity index (χ3v) is 8.33. The molecule has 3 aromatic rings. The van der Waals surface area contributed by atoms with E-state index in [0.717, 1.165) is 42.0 Å². The molecule has 0 saturated heterocycles. The highest BCUT2D eigenvalue weighted by Crippen LogP contribution is 2.21. The first-order valence-electron chi connectivity index (χ1n) is 13.0. The maximum atomic E-state index is 13.6. The average Bonchev–Trinajstić information content (AvgIpc) is 3.46. The van der Waals surface area contributed by atoms with Crippen LogP contribution in [0.25, 0.3) is 11.0 Å². The molecule has 0 radical (unpaired) electrons. The van der Waals surface area contributed by atoms with Crippen molar-refractivity contribution < 1.29 is 17.6 Å². The van der Waals surface area contributed by atoms with E-state index < -0.39 is 16.1 Å². The second kappa shape index (κ2) is 13.5. The van der Waals surface area contributed by atoms with Gasteiger partial charge in [0.25, 0.3) is 0 Å². The van der Waals surface area contributed by atoms with Crippen LogP contribution in [-0.4, -0.2) is 61.3 Å². The second-order valence-electron chi connectivity index (χ2n) is 9.97. The molecule has 204 valence electrons. The quantitative estimate of drug-likeness (QED) is 0.286. The molecule has 0 saturated carbocycles. The van der Waals surface area contributed by atoms with Crippen molar-refractivity contribution in [3.8, 4) is 0 Å². The lowest BCUT2D eigenvalue weighted by molar-refractivity contribution is -0.133. The highest BCUT2D eigenvalue weighted by molar-refractivity contribution is 7.89. The molecule has 0 aliphatic carbocycles. The number of aryl methyl sites for hydroxylation is 1. The van der Waals surface area contributed by atoms with Crippen molar-refractivity contribution in [2.45, 2.75) is 71.4 Å². The van der Waals surface area contributed by atoms with Crippen molar-refractivity contribution in [3.63, 3.8) is 0 Å². The summed E-state index contributed by atoms with van der Waals surface area (Å²) in [5.74, 6) is 0.197. The van der Waals surface area contributed by atoms with Crippen LogP contribution in [0.15, 0.2) is 45.2 Å². The van der Waals surface area contributed by atoms with E-state index in [1.165, 1.54) is 6.26 Å². The Kier molecular flexibility index (Phi) is 10.7.